The number of halogens is 1. The van der Waals surface area contributed by atoms with Crippen molar-refractivity contribution in [3.05, 3.63) is 28.8 Å². The number of benzene rings is 1. The average Bonchev–Trinajstić information content (AvgIpc) is 2.46. The Morgan fingerprint density at radius 3 is 2.35 bits per heavy atom. The second-order valence-electron chi connectivity index (χ2n) is 4.45. The van der Waals surface area contributed by atoms with Gasteiger partial charge in [-0.3, -0.25) is 4.79 Å². The Morgan fingerprint density at radius 1 is 1.20 bits per heavy atom. The molecule has 7 heteroatoms. The molecule has 0 radical (unpaired) electrons. The Bertz CT molecular complexity index is 507. The first-order valence-electron chi connectivity index (χ1n) is 6.20. The van der Waals surface area contributed by atoms with Gasteiger partial charge >= 0.3 is 6.09 Å². The molecule has 1 aliphatic heterocycles. The first kappa shape index (κ1) is 14.5. The summed E-state index contributed by atoms with van der Waals surface area (Å²) < 4.78 is 4.65. The lowest BCUT2D eigenvalue weighted by Crippen LogP contribution is -2.50. The van der Waals surface area contributed by atoms with E-state index in [1.165, 1.54) is 7.11 Å². The zero-order valence-electron chi connectivity index (χ0n) is 11.1. The molecule has 1 aliphatic rings. The molecule has 0 aliphatic carbocycles. The number of amides is 2. The molecule has 0 saturated carbocycles. The Morgan fingerprint density at radius 2 is 1.80 bits per heavy atom. The molecule has 0 spiro atoms. The Balaban J connectivity index is 2.07. The minimum Gasteiger partial charge on any atom is -0.453 e. The summed E-state index contributed by atoms with van der Waals surface area (Å²) in [6.07, 6.45) is -0.380. The van der Waals surface area contributed by atoms with Gasteiger partial charge in [0.05, 0.1) is 17.7 Å². The topological polar surface area (TPSA) is 75.9 Å². The van der Waals surface area contributed by atoms with Crippen molar-refractivity contribution in [2.75, 3.05) is 39.0 Å². The fourth-order valence-electron chi connectivity index (χ4n) is 2.15. The number of anilines is 1. The highest BCUT2D eigenvalue weighted by atomic mass is 35.5. The number of carbonyl (C=O) groups excluding carboxylic acids is 2. The SMILES string of the molecule is COC(=O)N1CCN(C(=O)c2c(N)cccc2Cl)CC1. The maximum Gasteiger partial charge on any atom is 0.409 e. The van der Waals surface area contributed by atoms with Crippen LogP contribution in [-0.2, 0) is 4.74 Å². The molecule has 0 bridgehead atoms. The van der Waals surface area contributed by atoms with Crippen LogP contribution >= 0.6 is 11.6 Å². The smallest absolute Gasteiger partial charge is 0.409 e. The van der Waals surface area contributed by atoms with Crippen LogP contribution < -0.4 is 5.73 Å². The monoisotopic (exact) mass is 297 g/mol. The Labute approximate surface area is 122 Å². The van der Waals surface area contributed by atoms with E-state index in [4.69, 9.17) is 17.3 Å². The number of hydrogen-bond acceptors (Lipinski definition) is 4. The zero-order chi connectivity index (χ0) is 14.7. The van der Waals surface area contributed by atoms with Gasteiger partial charge in [0.1, 0.15) is 0 Å². The number of rotatable bonds is 1. The molecule has 2 N–H and O–H groups in total. The van der Waals surface area contributed by atoms with Gasteiger partial charge < -0.3 is 20.3 Å². The van der Waals surface area contributed by atoms with Crippen LogP contribution in [0.5, 0.6) is 0 Å². The van der Waals surface area contributed by atoms with Gasteiger partial charge in [-0.1, -0.05) is 17.7 Å². The molecule has 1 heterocycles. The van der Waals surface area contributed by atoms with E-state index < -0.39 is 0 Å². The third-order valence-electron chi connectivity index (χ3n) is 3.26. The van der Waals surface area contributed by atoms with Crippen LogP contribution in [0.1, 0.15) is 10.4 Å². The first-order chi connectivity index (χ1) is 9.54. The minimum atomic E-state index is -0.380. The summed E-state index contributed by atoms with van der Waals surface area (Å²) in [5, 5.41) is 0.338. The molecule has 0 aromatic heterocycles. The lowest BCUT2D eigenvalue weighted by atomic mass is 10.1. The van der Waals surface area contributed by atoms with E-state index in [1.807, 2.05) is 0 Å². The molecule has 1 aromatic carbocycles. The number of hydrogen-bond donors (Lipinski definition) is 1. The first-order valence-corrected chi connectivity index (χ1v) is 6.58. The Hall–Kier alpha value is -1.95. The second-order valence-corrected chi connectivity index (χ2v) is 4.86. The summed E-state index contributed by atoms with van der Waals surface area (Å²) >= 11 is 6.03. The van der Waals surface area contributed by atoms with Crippen molar-refractivity contribution < 1.29 is 14.3 Å². The van der Waals surface area contributed by atoms with E-state index >= 15 is 0 Å². The highest BCUT2D eigenvalue weighted by Gasteiger charge is 2.27. The summed E-state index contributed by atoms with van der Waals surface area (Å²) in [6.45, 7) is 1.72. The van der Waals surface area contributed by atoms with Crippen LogP contribution in [0.15, 0.2) is 18.2 Å². The molecule has 6 nitrogen and oxygen atoms in total. The molecule has 1 fully saturated rings. The lowest BCUT2D eigenvalue weighted by molar-refractivity contribution is 0.0600. The summed E-state index contributed by atoms with van der Waals surface area (Å²) in [5.74, 6) is -0.211. The molecular formula is C13H16ClN3O3. The van der Waals surface area contributed by atoms with Crippen molar-refractivity contribution in [3.63, 3.8) is 0 Å². The largest absolute Gasteiger partial charge is 0.453 e. The molecule has 2 amide bonds. The Kier molecular flexibility index (Phi) is 4.34. The normalized spacial score (nSPS) is 15.1. The van der Waals surface area contributed by atoms with E-state index in [0.29, 0.717) is 42.5 Å². The van der Waals surface area contributed by atoms with Gasteiger partial charge in [-0.25, -0.2) is 4.79 Å². The van der Waals surface area contributed by atoms with Crippen molar-refractivity contribution in [2.24, 2.45) is 0 Å². The average molecular weight is 298 g/mol. The number of ether oxygens (including phenoxy) is 1. The number of nitrogens with zero attached hydrogens (tertiary/aromatic N) is 2. The van der Waals surface area contributed by atoms with E-state index in [9.17, 15) is 9.59 Å². The molecule has 1 saturated heterocycles. The van der Waals surface area contributed by atoms with Crippen LogP contribution in [0.3, 0.4) is 0 Å². The predicted molar refractivity (Wildman–Crippen MR) is 75.7 cm³/mol. The molecule has 1 aromatic rings. The molecule has 2 rings (SSSR count). The number of carbonyl (C=O) groups is 2. The fourth-order valence-corrected chi connectivity index (χ4v) is 2.41. The van der Waals surface area contributed by atoms with Gasteiger partial charge in [-0.2, -0.15) is 0 Å². The number of nitrogen functional groups attached to an aromatic ring is 1. The lowest BCUT2D eigenvalue weighted by Gasteiger charge is -2.34. The highest BCUT2D eigenvalue weighted by molar-refractivity contribution is 6.34. The molecular weight excluding hydrogens is 282 g/mol. The third kappa shape index (κ3) is 2.80. The maximum absolute atomic E-state index is 12.4. The number of piperazine rings is 1. The standard InChI is InChI=1S/C13H16ClN3O3/c1-20-13(19)17-7-5-16(6-8-17)12(18)11-9(14)3-2-4-10(11)15/h2-4H,5-8,15H2,1H3. The van der Waals surface area contributed by atoms with Gasteiger partial charge in [-0.15, -0.1) is 0 Å². The van der Waals surface area contributed by atoms with Crippen molar-refractivity contribution >= 4 is 29.3 Å². The van der Waals surface area contributed by atoms with Crippen molar-refractivity contribution in [1.82, 2.24) is 9.80 Å². The van der Waals surface area contributed by atoms with Crippen LogP contribution in [0.4, 0.5) is 10.5 Å². The summed E-state index contributed by atoms with van der Waals surface area (Å²) in [7, 11) is 1.34. The van der Waals surface area contributed by atoms with E-state index in [1.54, 1.807) is 28.0 Å². The molecule has 0 unspecified atom stereocenters. The predicted octanol–water partition coefficient (Wildman–Crippen LogP) is 1.45. The zero-order valence-corrected chi connectivity index (χ0v) is 11.9. The number of nitrogens with two attached hydrogens (primary N) is 1. The van der Waals surface area contributed by atoms with Gasteiger partial charge in [0.15, 0.2) is 0 Å². The second kappa shape index (κ2) is 6.00. The summed E-state index contributed by atoms with van der Waals surface area (Å²) in [5.41, 5.74) is 6.49. The number of methoxy groups -OCH3 is 1. The maximum atomic E-state index is 12.4. The van der Waals surface area contributed by atoms with E-state index in [-0.39, 0.29) is 12.0 Å². The van der Waals surface area contributed by atoms with Gasteiger partial charge in [0.25, 0.3) is 5.91 Å². The van der Waals surface area contributed by atoms with E-state index in [2.05, 4.69) is 4.74 Å². The molecule has 0 atom stereocenters. The van der Waals surface area contributed by atoms with Crippen LogP contribution in [0.25, 0.3) is 0 Å². The van der Waals surface area contributed by atoms with E-state index in [0.717, 1.165) is 0 Å². The van der Waals surface area contributed by atoms with Crippen LogP contribution in [0.2, 0.25) is 5.02 Å². The quantitative estimate of drug-likeness (QED) is 0.796. The van der Waals surface area contributed by atoms with Crippen molar-refractivity contribution in [2.45, 2.75) is 0 Å². The summed E-state index contributed by atoms with van der Waals surface area (Å²) in [4.78, 5) is 27.0. The van der Waals surface area contributed by atoms with Gasteiger partial charge in [0, 0.05) is 31.9 Å². The van der Waals surface area contributed by atoms with Gasteiger partial charge in [0.2, 0.25) is 0 Å². The minimum absolute atomic E-state index is 0.211. The summed E-state index contributed by atoms with van der Waals surface area (Å²) in [6, 6.07) is 4.98. The molecule has 108 valence electrons. The van der Waals surface area contributed by atoms with Crippen molar-refractivity contribution in [1.29, 1.82) is 0 Å². The molecule has 20 heavy (non-hydrogen) atoms. The van der Waals surface area contributed by atoms with Crippen LogP contribution in [0, 0.1) is 0 Å². The highest BCUT2D eigenvalue weighted by Crippen LogP contribution is 2.24. The third-order valence-corrected chi connectivity index (χ3v) is 3.57. The van der Waals surface area contributed by atoms with Crippen LogP contribution in [-0.4, -0.2) is 55.1 Å². The van der Waals surface area contributed by atoms with Crippen molar-refractivity contribution in [3.8, 4) is 0 Å². The fraction of sp³-hybridized carbons (Fsp3) is 0.385. The van der Waals surface area contributed by atoms with Gasteiger partial charge in [-0.05, 0) is 12.1 Å².